The van der Waals surface area contributed by atoms with Gasteiger partial charge in [-0.05, 0) is 25.3 Å². The van der Waals surface area contributed by atoms with Gasteiger partial charge in [0, 0.05) is 26.1 Å². The number of nitrogens with zero attached hydrogens (tertiary/aromatic N) is 1. The summed E-state index contributed by atoms with van der Waals surface area (Å²) in [6, 6.07) is 8.16. The first-order valence-corrected chi connectivity index (χ1v) is 9.25. The SMILES string of the molecule is COC(=O)CNC(=O)C1(C[C@H]2CC(c3ccc(C)cc3)=NO2)CCOCC1. The number of amides is 1. The Balaban J connectivity index is 1.64. The fraction of sp³-hybridized carbons (Fsp3) is 0.550. The molecule has 1 saturated heterocycles. The third-order valence-electron chi connectivity index (χ3n) is 5.29. The van der Waals surface area contributed by atoms with E-state index in [4.69, 9.17) is 9.57 Å². The van der Waals surface area contributed by atoms with E-state index in [1.807, 2.05) is 31.2 Å². The van der Waals surface area contributed by atoms with Gasteiger partial charge < -0.3 is 19.6 Å². The molecule has 0 saturated carbocycles. The van der Waals surface area contributed by atoms with Crippen LogP contribution >= 0.6 is 0 Å². The lowest BCUT2D eigenvalue weighted by Gasteiger charge is -2.36. The smallest absolute Gasteiger partial charge is 0.325 e. The molecule has 1 aromatic rings. The molecule has 2 aliphatic rings. The maximum atomic E-state index is 12.8. The number of esters is 1. The Kier molecular flexibility index (Phi) is 6.11. The maximum absolute atomic E-state index is 12.8. The fourth-order valence-electron chi connectivity index (χ4n) is 3.59. The van der Waals surface area contributed by atoms with Crippen LogP contribution in [0.2, 0.25) is 0 Å². The second-order valence-corrected chi connectivity index (χ2v) is 7.19. The van der Waals surface area contributed by atoms with E-state index >= 15 is 0 Å². The van der Waals surface area contributed by atoms with Gasteiger partial charge in [0.25, 0.3) is 0 Å². The summed E-state index contributed by atoms with van der Waals surface area (Å²) >= 11 is 0. The maximum Gasteiger partial charge on any atom is 0.325 e. The minimum absolute atomic E-state index is 0.130. The number of carbonyl (C=O) groups is 2. The summed E-state index contributed by atoms with van der Waals surface area (Å²) in [6.07, 6.45) is 2.24. The Hall–Kier alpha value is -2.41. The molecule has 7 nitrogen and oxygen atoms in total. The Labute approximate surface area is 159 Å². The molecule has 0 unspecified atom stereocenters. The normalized spacial score (nSPS) is 21.1. The number of benzene rings is 1. The molecule has 1 N–H and O–H groups in total. The largest absolute Gasteiger partial charge is 0.468 e. The number of hydrogen-bond acceptors (Lipinski definition) is 6. The van der Waals surface area contributed by atoms with Crippen molar-refractivity contribution in [2.75, 3.05) is 26.9 Å². The quantitative estimate of drug-likeness (QED) is 0.770. The van der Waals surface area contributed by atoms with Crippen LogP contribution in [0.3, 0.4) is 0 Å². The van der Waals surface area contributed by atoms with Gasteiger partial charge >= 0.3 is 5.97 Å². The third-order valence-corrected chi connectivity index (χ3v) is 5.29. The number of carbonyl (C=O) groups excluding carboxylic acids is 2. The highest BCUT2D eigenvalue weighted by atomic mass is 16.6. The Bertz CT molecular complexity index is 708. The summed E-state index contributed by atoms with van der Waals surface area (Å²) in [5.41, 5.74) is 2.52. The predicted molar refractivity (Wildman–Crippen MR) is 99.3 cm³/mol. The number of rotatable bonds is 6. The van der Waals surface area contributed by atoms with Crippen LogP contribution in [-0.2, 0) is 23.9 Å². The number of nitrogens with one attached hydrogen (secondary N) is 1. The molecule has 1 aromatic carbocycles. The molecule has 1 amide bonds. The highest BCUT2D eigenvalue weighted by Gasteiger charge is 2.43. The average Bonchev–Trinajstić information content (AvgIpc) is 3.15. The molecule has 0 bridgehead atoms. The summed E-state index contributed by atoms with van der Waals surface area (Å²) in [7, 11) is 1.30. The molecule has 0 spiro atoms. The van der Waals surface area contributed by atoms with E-state index in [0.29, 0.717) is 38.9 Å². The highest BCUT2D eigenvalue weighted by molar-refractivity contribution is 6.01. The van der Waals surface area contributed by atoms with Gasteiger partial charge in [-0.25, -0.2) is 0 Å². The van der Waals surface area contributed by atoms with E-state index in [0.717, 1.165) is 11.3 Å². The molecule has 3 rings (SSSR count). The topological polar surface area (TPSA) is 86.2 Å². The van der Waals surface area contributed by atoms with Crippen LogP contribution in [0.4, 0.5) is 0 Å². The molecule has 1 fully saturated rings. The molecule has 146 valence electrons. The van der Waals surface area contributed by atoms with Gasteiger partial charge in [0.1, 0.15) is 12.6 Å². The van der Waals surface area contributed by atoms with E-state index < -0.39 is 11.4 Å². The minimum atomic E-state index is -0.616. The van der Waals surface area contributed by atoms with Crippen LogP contribution in [-0.4, -0.2) is 50.6 Å². The van der Waals surface area contributed by atoms with Gasteiger partial charge in [0.15, 0.2) is 0 Å². The number of methoxy groups -OCH3 is 1. The van der Waals surface area contributed by atoms with Crippen molar-refractivity contribution in [1.82, 2.24) is 5.32 Å². The standard InChI is InChI=1S/C20H26N2O5/c1-14-3-5-15(6-4-14)17-11-16(27-22-17)12-20(7-9-26-10-8-20)19(24)21-13-18(23)25-2/h3-6,16H,7-13H2,1-2H3,(H,21,24)/t16-/m1/s1. The lowest BCUT2D eigenvalue weighted by molar-refractivity contribution is -0.146. The van der Waals surface area contributed by atoms with Crippen molar-refractivity contribution in [3.63, 3.8) is 0 Å². The van der Waals surface area contributed by atoms with Crippen LogP contribution in [0.15, 0.2) is 29.4 Å². The Morgan fingerprint density at radius 3 is 2.63 bits per heavy atom. The number of ether oxygens (including phenoxy) is 2. The molecule has 0 aliphatic carbocycles. The first-order valence-electron chi connectivity index (χ1n) is 9.25. The molecular formula is C20H26N2O5. The molecule has 2 heterocycles. The lowest BCUT2D eigenvalue weighted by Crippen LogP contribution is -2.47. The molecule has 0 radical (unpaired) electrons. The predicted octanol–water partition coefficient (Wildman–Crippen LogP) is 1.96. The summed E-state index contributed by atoms with van der Waals surface area (Å²) in [5, 5.41) is 6.95. The van der Waals surface area contributed by atoms with Crippen LogP contribution in [0, 0.1) is 12.3 Å². The second-order valence-electron chi connectivity index (χ2n) is 7.19. The van der Waals surface area contributed by atoms with Crippen molar-refractivity contribution in [3.05, 3.63) is 35.4 Å². The summed E-state index contributed by atoms with van der Waals surface area (Å²) in [6.45, 7) is 2.95. The van der Waals surface area contributed by atoms with Gasteiger partial charge in [-0.1, -0.05) is 35.0 Å². The van der Waals surface area contributed by atoms with Crippen molar-refractivity contribution < 1.29 is 23.9 Å². The average molecular weight is 374 g/mol. The highest BCUT2D eigenvalue weighted by Crippen LogP contribution is 2.38. The van der Waals surface area contributed by atoms with Crippen molar-refractivity contribution in [2.45, 2.75) is 38.7 Å². The molecule has 1 atom stereocenters. The molecular weight excluding hydrogens is 348 g/mol. The minimum Gasteiger partial charge on any atom is -0.468 e. The van der Waals surface area contributed by atoms with Crippen LogP contribution in [0.1, 0.15) is 36.8 Å². The monoisotopic (exact) mass is 374 g/mol. The van der Waals surface area contributed by atoms with E-state index in [2.05, 4.69) is 15.2 Å². The first kappa shape index (κ1) is 19.4. The zero-order valence-corrected chi connectivity index (χ0v) is 15.8. The van der Waals surface area contributed by atoms with Gasteiger partial charge in [0.2, 0.25) is 5.91 Å². The summed E-state index contributed by atoms with van der Waals surface area (Å²) in [4.78, 5) is 29.9. The molecule has 7 heteroatoms. The number of aryl methyl sites for hydroxylation is 1. The Morgan fingerprint density at radius 1 is 1.26 bits per heavy atom. The zero-order chi connectivity index (χ0) is 19.3. The van der Waals surface area contributed by atoms with Gasteiger partial charge in [-0.2, -0.15) is 0 Å². The van der Waals surface area contributed by atoms with Crippen molar-refractivity contribution in [3.8, 4) is 0 Å². The second kappa shape index (κ2) is 8.52. The van der Waals surface area contributed by atoms with E-state index in [1.165, 1.54) is 12.7 Å². The zero-order valence-electron chi connectivity index (χ0n) is 15.8. The van der Waals surface area contributed by atoms with Gasteiger partial charge in [-0.15, -0.1) is 0 Å². The fourth-order valence-corrected chi connectivity index (χ4v) is 3.59. The molecule has 2 aliphatic heterocycles. The van der Waals surface area contributed by atoms with Crippen molar-refractivity contribution in [1.29, 1.82) is 0 Å². The molecule has 0 aromatic heterocycles. The van der Waals surface area contributed by atoms with Crippen molar-refractivity contribution >= 4 is 17.6 Å². The van der Waals surface area contributed by atoms with E-state index in [-0.39, 0.29) is 18.6 Å². The van der Waals surface area contributed by atoms with Gasteiger partial charge in [0.05, 0.1) is 18.2 Å². The van der Waals surface area contributed by atoms with Crippen LogP contribution in [0.5, 0.6) is 0 Å². The number of hydrogen-bond donors (Lipinski definition) is 1. The van der Waals surface area contributed by atoms with E-state index in [1.54, 1.807) is 0 Å². The van der Waals surface area contributed by atoms with E-state index in [9.17, 15) is 9.59 Å². The molecule has 27 heavy (non-hydrogen) atoms. The van der Waals surface area contributed by atoms with Gasteiger partial charge in [-0.3, -0.25) is 9.59 Å². The first-order chi connectivity index (χ1) is 13.0. The summed E-state index contributed by atoms with van der Waals surface area (Å²) in [5.74, 6) is -0.615. The van der Waals surface area contributed by atoms with Crippen LogP contribution in [0.25, 0.3) is 0 Å². The lowest BCUT2D eigenvalue weighted by atomic mass is 9.74. The number of oxime groups is 1. The summed E-state index contributed by atoms with van der Waals surface area (Å²) < 4.78 is 10.1. The van der Waals surface area contributed by atoms with Crippen molar-refractivity contribution in [2.24, 2.45) is 10.6 Å². The third kappa shape index (κ3) is 4.66. The van der Waals surface area contributed by atoms with Crippen LogP contribution < -0.4 is 5.32 Å². The Morgan fingerprint density at radius 2 is 1.96 bits per heavy atom.